The molecule has 0 radical (unpaired) electrons. The molecule has 0 aliphatic heterocycles. The number of hydrogen-bond donors (Lipinski definition) is 1. The minimum Gasteiger partial charge on any atom is -0.451 e. The highest BCUT2D eigenvalue weighted by atomic mass is 16.5. The lowest BCUT2D eigenvalue weighted by atomic mass is 9.97. The third kappa shape index (κ3) is 5.48. The minimum atomic E-state index is -1.05. The number of anilines is 1. The molecule has 0 aliphatic rings. The summed E-state index contributed by atoms with van der Waals surface area (Å²) in [6.45, 7) is 5.16. The highest BCUT2D eigenvalue weighted by molar-refractivity contribution is 5.95. The Hall–Kier alpha value is -3.68. The molecule has 0 fully saturated rings. The molecule has 0 saturated carbocycles. The smallest absolute Gasteiger partial charge is 0.437 e. The molecule has 8 heteroatoms. The van der Waals surface area contributed by atoms with Crippen molar-refractivity contribution in [2.75, 3.05) is 5.32 Å². The highest BCUT2D eigenvalue weighted by Crippen LogP contribution is 2.26. The fraction of sp³-hybridized carbons (Fsp3) is 0.304. The number of aromatic nitrogens is 2. The number of esters is 1. The molecular formula is C23H25N3O5. The summed E-state index contributed by atoms with van der Waals surface area (Å²) in [6, 6.07) is 16.4. The fourth-order valence-electron chi connectivity index (χ4n) is 3.01. The average molecular weight is 423 g/mol. The van der Waals surface area contributed by atoms with E-state index < -0.39 is 30.3 Å². The third-order valence-corrected chi connectivity index (χ3v) is 4.95. The van der Waals surface area contributed by atoms with Crippen molar-refractivity contribution in [1.82, 2.24) is 9.78 Å². The monoisotopic (exact) mass is 423 g/mol. The molecule has 1 heterocycles. The van der Waals surface area contributed by atoms with Gasteiger partial charge in [-0.2, -0.15) is 4.68 Å². The first-order valence-electron chi connectivity index (χ1n) is 10.1. The number of rotatable bonds is 8. The SMILES string of the molecule is CC[C@H](C)c1ccccc1NC(=O)[C@@H](C)OC(=O)Cn1nc(-c2ccccc2)oc1=O. The summed E-state index contributed by atoms with van der Waals surface area (Å²) in [6.07, 6.45) is -0.122. The van der Waals surface area contributed by atoms with Gasteiger partial charge in [0, 0.05) is 11.3 Å². The van der Waals surface area contributed by atoms with Crippen LogP contribution in [0.15, 0.2) is 63.8 Å². The fourth-order valence-corrected chi connectivity index (χ4v) is 3.01. The van der Waals surface area contributed by atoms with Gasteiger partial charge in [-0.05, 0) is 43.0 Å². The van der Waals surface area contributed by atoms with Crippen LogP contribution in [0.25, 0.3) is 11.5 Å². The van der Waals surface area contributed by atoms with Gasteiger partial charge < -0.3 is 14.5 Å². The zero-order chi connectivity index (χ0) is 22.4. The Morgan fingerprint density at radius 1 is 1.10 bits per heavy atom. The molecular weight excluding hydrogens is 398 g/mol. The average Bonchev–Trinajstić information content (AvgIpc) is 3.14. The number of nitrogens with one attached hydrogen (secondary N) is 1. The molecule has 0 bridgehead atoms. The molecule has 2 aromatic carbocycles. The van der Waals surface area contributed by atoms with Gasteiger partial charge in [0.25, 0.3) is 5.91 Å². The van der Waals surface area contributed by atoms with Crippen molar-refractivity contribution >= 4 is 17.6 Å². The van der Waals surface area contributed by atoms with Crippen LogP contribution in [-0.2, 0) is 20.9 Å². The molecule has 0 aliphatic carbocycles. The predicted octanol–water partition coefficient (Wildman–Crippen LogP) is 3.59. The minimum absolute atomic E-state index is 0.103. The maximum Gasteiger partial charge on any atom is 0.437 e. The summed E-state index contributed by atoms with van der Waals surface area (Å²) < 4.78 is 11.1. The molecule has 8 nitrogen and oxygen atoms in total. The Balaban J connectivity index is 1.62. The Bertz CT molecular complexity index is 1100. The first-order chi connectivity index (χ1) is 14.9. The van der Waals surface area contributed by atoms with Crippen LogP contribution in [0.2, 0.25) is 0 Å². The van der Waals surface area contributed by atoms with Crippen molar-refractivity contribution in [2.24, 2.45) is 0 Å². The summed E-state index contributed by atoms with van der Waals surface area (Å²) in [5.74, 6) is -1.64. The maximum atomic E-state index is 12.5. The van der Waals surface area contributed by atoms with E-state index in [2.05, 4.69) is 24.3 Å². The van der Waals surface area contributed by atoms with E-state index in [0.29, 0.717) is 11.3 Å². The van der Waals surface area contributed by atoms with Crippen LogP contribution in [-0.4, -0.2) is 27.8 Å². The Kier molecular flexibility index (Phi) is 7.02. The summed E-state index contributed by atoms with van der Waals surface area (Å²) >= 11 is 0. The van der Waals surface area contributed by atoms with Gasteiger partial charge >= 0.3 is 11.7 Å². The maximum absolute atomic E-state index is 12.5. The zero-order valence-corrected chi connectivity index (χ0v) is 17.7. The van der Waals surface area contributed by atoms with Gasteiger partial charge in [-0.15, -0.1) is 5.10 Å². The van der Waals surface area contributed by atoms with E-state index in [1.54, 1.807) is 24.3 Å². The summed E-state index contributed by atoms with van der Waals surface area (Å²) in [5, 5.41) is 6.83. The second-order valence-corrected chi connectivity index (χ2v) is 7.21. The molecule has 3 aromatic rings. The van der Waals surface area contributed by atoms with Crippen molar-refractivity contribution in [3.05, 3.63) is 70.7 Å². The van der Waals surface area contributed by atoms with Crippen LogP contribution in [0.3, 0.4) is 0 Å². The van der Waals surface area contributed by atoms with Gasteiger partial charge in [0.2, 0.25) is 5.89 Å². The van der Waals surface area contributed by atoms with Crippen LogP contribution >= 0.6 is 0 Å². The van der Waals surface area contributed by atoms with Crippen molar-refractivity contribution in [1.29, 1.82) is 0 Å². The lowest BCUT2D eigenvalue weighted by Crippen LogP contribution is -2.32. The molecule has 31 heavy (non-hydrogen) atoms. The zero-order valence-electron chi connectivity index (χ0n) is 17.7. The molecule has 3 rings (SSSR count). The number of ether oxygens (including phenoxy) is 1. The first-order valence-corrected chi connectivity index (χ1v) is 10.1. The summed E-state index contributed by atoms with van der Waals surface area (Å²) in [5.41, 5.74) is 2.31. The van der Waals surface area contributed by atoms with E-state index in [1.165, 1.54) is 6.92 Å². The van der Waals surface area contributed by atoms with Gasteiger partial charge in [-0.1, -0.05) is 50.2 Å². The van der Waals surface area contributed by atoms with E-state index in [4.69, 9.17) is 9.15 Å². The van der Waals surface area contributed by atoms with E-state index in [-0.39, 0.29) is 11.8 Å². The van der Waals surface area contributed by atoms with Gasteiger partial charge in [-0.25, -0.2) is 4.79 Å². The van der Waals surface area contributed by atoms with Gasteiger partial charge in [0.05, 0.1) is 0 Å². The number of hydrogen-bond acceptors (Lipinski definition) is 6. The first kappa shape index (κ1) is 22.0. The van der Waals surface area contributed by atoms with Crippen LogP contribution in [0.4, 0.5) is 5.69 Å². The van der Waals surface area contributed by atoms with Crippen molar-refractivity contribution in [3.8, 4) is 11.5 Å². The molecule has 1 aromatic heterocycles. The predicted molar refractivity (Wildman–Crippen MR) is 116 cm³/mol. The molecule has 2 atom stereocenters. The Labute approximate surface area is 179 Å². The van der Waals surface area contributed by atoms with Crippen LogP contribution in [0.1, 0.15) is 38.7 Å². The lowest BCUT2D eigenvalue weighted by Gasteiger charge is -2.18. The number of para-hydroxylation sites is 1. The standard InChI is InChI=1S/C23H25N3O5/c1-4-15(2)18-12-8-9-13-19(18)24-21(28)16(3)30-20(27)14-26-23(29)31-22(25-26)17-10-6-5-7-11-17/h5-13,15-16H,4,14H2,1-3H3,(H,24,28)/t15-,16+/m0/s1. The normalized spacial score (nSPS) is 12.7. The second-order valence-electron chi connectivity index (χ2n) is 7.21. The van der Waals surface area contributed by atoms with Crippen molar-refractivity contribution in [3.63, 3.8) is 0 Å². The van der Waals surface area contributed by atoms with E-state index in [9.17, 15) is 14.4 Å². The van der Waals surface area contributed by atoms with E-state index in [0.717, 1.165) is 16.7 Å². The quantitative estimate of drug-likeness (QED) is 0.556. The number of carbonyl (C=O) groups is 2. The van der Waals surface area contributed by atoms with Crippen LogP contribution in [0.5, 0.6) is 0 Å². The number of nitrogens with zero attached hydrogens (tertiary/aromatic N) is 2. The number of benzene rings is 2. The highest BCUT2D eigenvalue weighted by Gasteiger charge is 2.21. The van der Waals surface area contributed by atoms with E-state index in [1.807, 2.05) is 30.3 Å². The van der Waals surface area contributed by atoms with Gasteiger partial charge in [0.15, 0.2) is 6.10 Å². The molecule has 0 saturated heterocycles. The number of carbonyl (C=O) groups excluding carboxylic acids is 2. The summed E-state index contributed by atoms with van der Waals surface area (Å²) in [7, 11) is 0. The van der Waals surface area contributed by atoms with Crippen LogP contribution < -0.4 is 11.1 Å². The van der Waals surface area contributed by atoms with Crippen molar-refractivity contribution in [2.45, 2.75) is 45.8 Å². The largest absolute Gasteiger partial charge is 0.451 e. The molecule has 162 valence electrons. The summed E-state index contributed by atoms with van der Waals surface area (Å²) in [4.78, 5) is 36.8. The topological polar surface area (TPSA) is 103 Å². The van der Waals surface area contributed by atoms with E-state index >= 15 is 0 Å². The molecule has 0 unspecified atom stereocenters. The van der Waals surface area contributed by atoms with Gasteiger partial charge in [0.1, 0.15) is 6.54 Å². The Morgan fingerprint density at radius 2 is 1.77 bits per heavy atom. The number of amides is 1. The molecule has 1 N–H and O–H groups in total. The second kappa shape index (κ2) is 9.88. The lowest BCUT2D eigenvalue weighted by molar-refractivity contribution is -0.154. The van der Waals surface area contributed by atoms with Crippen LogP contribution in [0, 0.1) is 0 Å². The van der Waals surface area contributed by atoms with Gasteiger partial charge in [-0.3, -0.25) is 9.59 Å². The molecule has 0 spiro atoms. The Morgan fingerprint density at radius 3 is 2.48 bits per heavy atom. The third-order valence-electron chi connectivity index (χ3n) is 4.95. The van der Waals surface area contributed by atoms with Crippen molar-refractivity contribution < 1.29 is 18.7 Å². The molecule has 1 amide bonds.